The van der Waals surface area contributed by atoms with Crippen molar-refractivity contribution in [2.75, 3.05) is 19.8 Å². The Morgan fingerprint density at radius 1 is 1.25 bits per heavy atom. The first kappa shape index (κ1) is 12.5. The molecule has 0 radical (unpaired) electrons. The van der Waals surface area contributed by atoms with Gasteiger partial charge < -0.3 is 18.6 Å². The number of nitrogens with zero attached hydrogens (tertiary/aromatic N) is 2. The minimum atomic E-state index is -0.635. The Kier molecular flexibility index (Phi) is 3.24. The second-order valence-electron chi connectivity index (χ2n) is 3.99. The lowest BCUT2D eigenvalue weighted by Crippen LogP contribution is -2.15. The molecule has 1 aromatic carbocycles. The lowest BCUT2D eigenvalue weighted by Gasteiger charge is -2.18. The zero-order chi connectivity index (χ0) is 13.9. The maximum absolute atomic E-state index is 11.5. The highest BCUT2D eigenvalue weighted by molar-refractivity contribution is 5.84. The molecule has 20 heavy (non-hydrogen) atoms. The summed E-state index contributed by atoms with van der Waals surface area (Å²) in [4.78, 5) is 11.5. The molecule has 1 aliphatic rings. The fourth-order valence-corrected chi connectivity index (χ4v) is 1.79. The number of rotatable bonds is 3. The summed E-state index contributed by atoms with van der Waals surface area (Å²) in [5, 5.41) is 7.48. The molecule has 0 N–H and O–H groups in total. The van der Waals surface area contributed by atoms with Gasteiger partial charge in [0.2, 0.25) is 5.89 Å². The fourth-order valence-electron chi connectivity index (χ4n) is 1.79. The Labute approximate surface area is 114 Å². The molecule has 0 spiro atoms. The molecule has 0 saturated heterocycles. The van der Waals surface area contributed by atoms with Crippen molar-refractivity contribution in [1.82, 2.24) is 10.2 Å². The summed E-state index contributed by atoms with van der Waals surface area (Å²) in [6.45, 7) is 2.98. The number of carbonyl (C=O) groups excluding carboxylic acids is 1. The smallest absolute Gasteiger partial charge is 0.396 e. The van der Waals surface area contributed by atoms with Gasteiger partial charge in [-0.2, -0.15) is 0 Å². The molecule has 2 heterocycles. The van der Waals surface area contributed by atoms with Gasteiger partial charge in [-0.25, -0.2) is 4.79 Å². The number of ether oxygens (including phenoxy) is 3. The van der Waals surface area contributed by atoms with E-state index in [-0.39, 0.29) is 18.4 Å². The molecule has 7 heteroatoms. The fraction of sp³-hybridized carbons (Fsp3) is 0.308. The van der Waals surface area contributed by atoms with Crippen molar-refractivity contribution in [3.8, 4) is 23.0 Å². The number of carbonyl (C=O) groups is 1. The van der Waals surface area contributed by atoms with Gasteiger partial charge in [0.15, 0.2) is 11.5 Å². The number of benzene rings is 1. The molecule has 0 aliphatic carbocycles. The third kappa shape index (κ3) is 2.29. The molecule has 7 nitrogen and oxygen atoms in total. The highest BCUT2D eigenvalue weighted by atomic mass is 16.6. The topological polar surface area (TPSA) is 83.7 Å². The Balaban J connectivity index is 1.87. The summed E-state index contributed by atoms with van der Waals surface area (Å²) in [6.07, 6.45) is 0. The molecular weight excluding hydrogens is 264 g/mol. The predicted molar refractivity (Wildman–Crippen MR) is 66.7 cm³/mol. The SMILES string of the molecule is CCOC(=O)c1nnc(-c2ccc3c(c2)OCCO3)o1. The average molecular weight is 276 g/mol. The minimum absolute atomic E-state index is 0.170. The van der Waals surface area contributed by atoms with E-state index in [1.165, 1.54) is 0 Å². The van der Waals surface area contributed by atoms with Crippen LogP contribution in [0.5, 0.6) is 11.5 Å². The van der Waals surface area contributed by atoms with Gasteiger partial charge in [-0.3, -0.25) is 0 Å². The van der Waals surface area contributed by atoms with Gasteiger partial charge in [0.25, 0.3) is 0 Å². The molecule has 0 unspecified atom stereocenters. The van der Waals surface area contributed by atoms with Crippen LogP contribution in [0.15, 0.2) is 22.6 Å². The van der Waals surface area contributed by atoms with Gasteiger partial charge in [-0.1, -0.05) is 0 Å². The van der Waals surface area contributed by atoms with Crippen LogP contribution in [0.1, 0.15) is 17.6 Å². The van der Waals surface area contributed by atoms with E-state index in [4.69, 9.17) is 18.6 Å². The second-order valence-corrected chi connectivity index (χ2v) is 3.99. The minimum Gasteiger partial charge on any atom is -0.486 e. The van der Waals surface area contributed by atoms with Crippen LogP contribution >= 0.6 is 0 Å². The quantitative estimate of drug-likeness (QED) is 0.788. The second kappa shape index (κ2) is 5.20. The van der Waals surface area contributed by atoms with E-state index >= 15 is 0 Å². The Hall–Kier alpha value is -2.57. The largest absolute Gasteiger partial charge is 0.486 e. The lowest BCUT2D eigenvalue weighted by atomic mass is 10.2. The molecule has 0 atom stereocenters. The van der Waals surface area contributed by atoms with Crippen molar-refractivity contribution in [3.63, 3.8) is 0 Å². The van der Waals surface area contributed by atoms with E-state index in [0.29, 0.717) is 30.3 Å². The monoisotopic (exact) mass is 276 g/mol. The van der Waals surface area contributed by atoms with Crippen LogP contribution in [-0.2, 0) is 4.74 Å². The zero-order valence-corrected chi connectivity index (χ0v) is 10.8. The van der Waals surface area contributed by atoms with Gasteiger partial charge >= 0.3 is 11.9 Å². The lowest BCUT2D eigenvalue weighted by molar-refractivity contribution is 0.0481. The summed E-state index contributed by atoms with van der Waals surface area (Å²) in [7, 11) is 0. The summed E-state index contributed by atoms with van der Waals surface area (Å²) >= 11 is 0. The summed E-state index contributed by atoms with van der Waals surface area (Å²) in [5.41, 5.74) is 0.650. The first-order chi connectivity index (χ1) is 9.78. The van der Waals surface area contributed by atoms with Crippen molar-refractivity contribution < 1.29 is 23.4 Å². The van der Waals surface area contributed by atoms with Crippen molar-refractivity contribution in [2.45, 2.75) is 6.92 Å². The Morgan fingerprint density at radius 3 is 2.85 bits per heavy atom. The number of hydrogen-bond acceptors (Lipinski definition) is 7. The van der Waals surface area contributed by atoms with Crippen LogP contribution < -0.4 is 9.47 Å². The van der Waals surface area contributed by atoms with E-state index in [0.717, 1.165) is 0 Å². The third-order valence-electron chi connectivity index (χ3n) is 2.66. The Morgan fingerprint density at radius 2 is 2.05 bits per heavy atom. The number of fused-ring (bicyclic) bond motifs is 1. The third-order valence-corrected chi connectivity index (χ3v) is 2.66. The Bertz CT molecular complexity index is 637. The van der Waals surface area contributed by atoms with Gasteiger partial charge in [0, 0.05) is 5.56 Å². The first-order valence-electron chi connectivity index (χ1n) is 6.18. The number of esters is 1. The molecule has 1 aliphatic heterocycles. The maximum atomic E-state index is 11.5. The molecule has 0 bridgehead atoms. The van der Waals surface area contributed by atoms with Crippen LogP contribution in [0, 0.1) is 0 Å². The van der Waals surface area contributed by atoms with E-state index < -0.39 is 5.97 Å². The number of aromatic nitrogens is 2. The molecule has 1 aromatic heterocycles. The molecule has 104 valence electrons. The molecule has 2 aromatic rings. The van der Waals surface area contributed by atoms with Crippen molar-refractivity contribution >= 4 is 5.97 Å². The molecule has 0 fully saturated rings. The summed E-state index contributed by atoms with van der Waals surface area (Å²) in [6, 6.07) is 5.25. The first-order valence-corrected chi connectivity index (χ1v) is 6.18. The molecule has 0 amide bonds. The zero-order valence-electron chi connectivity index (χ0n) is 10.8. The normalized spacial score (nSPS) is 13.1. The van der Waals surface area contributed by atoms with E-state index in [1.807, 2.05) is 0 Å². The van der Waals surface area contributed by atoms with E-state index in [1.54, 1.807) is 25.1 Å². The van der Waals surface area contributed by atoms with Crippen LogP contribution in [-0.4, -0.2) is 36.0 Å². The average Bonchev–Trinajstić information content (AvgIpc) is 2.97. The van der Waals surface area contributed by atoms with E-state index in [2.05, 4.69) is 10.2 Å². The van der Waals surface area contributed by atoms with Crippen LogP contribution in [0.2, 0.25) is 0 Å². The van der Waals surface area contributed by atoms with E-state index in [9.17, 15) is 4.79 Å². The van der Waals surface area contributed by atoms with Gasteiger partial charge in [0.05, 0.1) is 6.61 Å². The van der Waals surface area contributed by atoms with Crippen molar-refractivity contribution in [2.24, 2.45) is 0 Å². The van der Waals surface area contributed by atoms with Crippen molar-refractivity contribution in [1.29, 1.82) is 0 Å². The molecule has 3 rings (SSSR count). The maximum Gasteiger partial charge on any atom is 0.396 e. The van der Waals surface area contributed by atoms with Crippen molar-refractivity contribution in [3.05, 3.63) is 24.1 Å². The standard InChI is InChI=1S/C13H12N2O5/c1-2-17-13(16)12-15-14-11(20-12)8-3-4-9-10(7-8)19-6-5-18-9/h3-4,7H,2,5-6H2,1H3. The van der Waals surface area contributed by atoms with Gasteiger partial charge in [0.1, 0.15) is 13.2 Å². The highest BCUT2D eigenvalue weighted by Gasteiger charge is 2.19. The van der Waals surface area contributed by atoms with Gasteiger partial charge in [-0.05, 0) is 25.1 Å². The summed E-state index contributed by atoms with van der Waals surface area (Å²) < 4.78 is 21.0. The predicted octanol–water partition coefficient (Wildman–Crippen LogP) is 1.68. The molecular formula is C13H12N2O5. The van der Waals surface area contributed by atoms with Crippen LogP contribution in [0.25, 0.3) is 11.5 Å². The van der Waals surface area contributed by atoms with Crippen LogP contribution in [0.4, 0.5) is 0 Å². The van der Waals surface area contributed by atoms with Crippen LogP contribution in [0.3, 0.4) is 0 Å². The number of hydrogen-bond donors (Lipinski definition) is 0. The molecule has 0 saturated carbocycles. The highest BCUT2D eigenvalue weighted by Crippen LogP contribution is 2.34. The summed E-state index contributed by atoms with van der Waals surface area (Å²) in [5.74, 6) is 0.709. The van der Waals surface area contributed by atoms with Gasteiger partial charge in [-0.15, -0.1) is 10.2 Å².